The molecule has 0 fully saturated rings. The molecule has 0 aromatic rings. The lowest BCUT2D eigenvalue weighted by Gasteiger charge is -2.24. The van der Waals surface area contributed by atoms with Gasteiger partial charge in [0, 0.05) is 6.42 Å². The van der Waals surface area contributed by atoms with E-state index in [4.69, 9.17) is 4.74 Å². The van der Waals surface area contributed by atoms with Gasteiger partial charge in [-0.05, 0) is 51.4 Å². The fraction of sp³-hybridized carbons (Fsp3) is 0.932. The Morgan fingerprint density at radius 3 is 1.09 bits per heavy atom. The zero-order valence-corrected chi connectivity index (χ0v) is 44.2. The van der Waals surface area contributed by atoms with Crippen LogP contribution in [0, 0.1) is 0 Å². The molecule has 3 atom stereocenters. The van der Waals surface area contributed by atoms with Crippen molar-refractivity contribution in [3.05, 3.63) is 12.2 Å². The Bertz CT molecular complexity index is 986. The first kappa shape index (κ1) is 63.6. The van der Waals surface area contributed by atoms with Gasteiger partial charge in [0.15, 0.2) is 0 Å². The van der Waals surface area contributed by atoms with Gasteiger partial charge >= 0.3 is 5.97 Å². The minimum absolute atomic E-state index is 0.0823. The lowest BCUT2D eigenvalue weighted by atomic mass is 10.0. The molecule has 1 amide bonds. The number of esters is 1. The first-order valence-electron chi connectivity index (χ1n) is 29.4. The van der Waals surface area contributed by atoms with Gasteiger partial charge in [-0.3, -0.25) is 9.59 Å². The van der Waals surface area contributed by atoms with Gasteiger partial charge in [0.1, 0.15) is 6.10 Å². The van der Waals surface area contributed by atoms with Crippen LogP contribution in [0.4, 0.5) is 0 Å². The van der Waals surface area contributed by atoms with E-state index in [0.717, 1.165) is 51.4 Å². The number of aliphatic hydroxyl groups is 2. The fourth-order valence-electron chi connectivity index (χ4n) is 9.37. The molecule has 0 aromatic heterocycles. The molecule has 0 aliphatic carbocycles. The first-order valence-corrected chi connectivity index (χ1v) is 29.4. The van der Waals surface area contributed by atoms with Crippen LogP contribution >= 0.6 is 0 Å². The fourth-order valence-corrected chi connectivity index (χ4v) is 9.37. The van der Waals surface area contributed by atoms with Gasteiger partial charge in [-0.25, -0.2) is 0 Å². The van der Waals surface area contributed by atoms with E-state index in [1.54, 1.807) is 0 Å². The van der Waals surface area contributed by atoms with Gasteiger partial charge in [-0.2, -0.15) is 0 Å². The van der Waals surface area contributed by atoms with E-state index < -0.39 is 18.2 Å². The third-order valence-corrected chi connectivity index (χ3v) is 13.8. The molecule has 3 unspecified atom stereocenters. The van der Waals surface area contributed by atoms with Gasteiger partial charge in [-0.15, -0.1) is 0 Å². The Hall–Kier alpha value is -1.40. The third kappa shape index (κ3) is 48.9. The molecule has 0 radical (unpaired) electrons. The molecule has 0 saturated carbocycles. The number of hydrogen-bond donors (Lipinski definition) is 3. The topological polar surface area (TPSA) is 95.9 Å². The largest absolute Gasteiger partial charge is 0.462 e. The summed E-state index contributed by atoms with van der Waals surface area (Å²) in [6.45, 7) is 6.52. The van der Waals surface area contributed by atoms with Crippen LogP contribution in [-0.2, 0) is 14.3 Å². The molecule has 6 heteroatoms. The van der Waals surface area contributed by atoms with Crippen molar-refractivity contribution in [2.45, 2.75) is 347 Å². The molecule has 0 heterocycles. The number of unbranched alkanes of at least 4 members (excludes halogenated alkanes) is 40. The number of nitrogens with one attached hydrogen (secondary N) is 1. The zero-order chi connectivity index (χ0) is 47.4. The Kier molecular flexibility index (Phi) is 52.4. The van der Waals surface area contributed by atoms with Crippen molar-refractivity contribution in [1.29, 1.82) is 0 Å². The Labute approximate surface area is 406 Å². The monoisotopic (exact) mass is 918 g/mol. The second kappa shape index (κ2) is 53.6. The minimum Gasteiger partial charge on any atom is -0.462 e. The number of allylic oxidation sites excluding steroid dienone is 2. The van der Waals surface area contributed by atoms with E-state index in [2.05, 4.69) is 38.2 Å². The van der Waals surface area contributed by atoms with Crippen LogP contribution in [0.3, 0.4) is 0 Å². The number of aliphatic hydroxyl groups excluding tert-OH is 2. The average Bonchev–Trinajstić information content (AvgIpc) is 3.30. The molecule has 0 aromatic carbocycles. The van der Waals surface area contributed by atoms with E-state index >= 15 is 0 Å². The van der Waals surface area contributed by atoms with Crippen LogP contribution in [0.1, 0.15) is 329 Å². The molecular weight excluding hydrogens is 803 g/mol. The molecule has 0 aliphatic rings. The molecule has 0 spiro atoms. The summed E-state index contributed by atoms with van der Waals surface area (Å²) in [5.74, 6) is -0.455. The average molecular weight is 919 g/mol. The van der Waals surface area contributed by atoms with Gasteiger partial charge in [-0.1, -0.05) is 277 Å². The van der Waals surface area contributed by atoms with Crippen LogP contribution in [0.5, 0.6) is 0 Å². The maximum atomic E-state index is 13.3. The smallest absolute Gasteiger partial charge is 0.306 e. The molecular formula is C59H115NO5. The number of carbonyl (C=O) groups excluding carboxylic acids is 2. The van der Waals surface area contributed by atoms with Gasteiger partial charge in [0.2, 0.25) is 5.91 Å². The lowest BCUT2D eigenvalue weighted by Crippen LogP contribution is -2.46. The van der Waals surface area contributed by atoms with Crippen LogP contribution in [0.2, 0.25) is 0 Å². The Balaban J connectivity index is 4.50. The van der Waals surface area contributed by atoms with E-state index in [0.29, 0.717) is 19.3 Å². The molecule has 65 heavy (non-hydrogen) atoms. The zero-order valence-electron chi connectivity index (χ0n) is 44.2. The predicted octanol–water partition coefficient (Wildman–Crippen LogP) is 18.1. The standard InChI is InChI=1S/C59H115NO5/c1-4-7-10-13-16-19-22-25-27-29-30-33-35-38-41-44-47-50-55(65-59(64)52-49-46-43-40-37-32-24-21-18-15-12-9-6-3)53-58(63)60-56(54-61)57(62)51-48-45-42-39-36-34-31-28-26-23-20-17-14-11-8-5-2/h25,27,55-57,61-62H,4-24,26,28-54H2,1-3H3,(H,60,63)/b27-25+. The number of hydrogen-bond acceptors (Lipinski definition) is 5. The highest BCUT2D eigenvalue weighted by Gasteiger charge is 2.24. The Morgan fingerprint density at radius 1 is 0.431 bits per heavy atom. The number of ether oxygens (including phenoxy) is 1. The molecule has 3 N–H and O–H groups in total. The summed E-state index contributed by atoms with van der Waals surface area (Å²) in [6.07, 6.45) is 61.3. The lowest BCUT2D eigenvalue weighted by molar-refractivity contribution is -0.151. The van der Waals surface area contributed by atoms with Gasteiger partial charge < -0.3 is 20.3 Å². The van der Waals surface area contributed by atoms with Crippen molar-refractivity contribution in [1.82, 2.24) is 5.32 Å². The maximum absolute atomic E-state index is 13.3. The summed E-state index contributed by atoms with van der Waals surface area (Å²) >= 11 is 0. The van der Waals surface area contributed by atoms with Crippen molar-refractivity contribution >= 4 is 11.9 Å². The van der Waals surface area contributed by atoms with Crippen LogP contribution in [0.25, 0.3) is 0 Å². The van der Waals surface area contributed by atoms with E-state index in [1.807, 2.05) is 0 Å². The van der Waals surface area contributed by atoms with E-state index in [9.17, 15) is 19.8 Å². The van der Waals surface area contributed by atoms with Crippen LogP contribution < -0.4 is 5.32 Å². The summed E-state index contributed by atoms with van der Waals surface area (Å²) in [5.41, 5.74) is 0. The molecule has 0 aliphatic heterocycles. The Morgan fingerprint density at radius 2 is 0.738 bits per heavy atom. The van der Waals surface area contributed by atoms with Crippen LogP contribution in [0.15, 0.2) is 12.2 Å². The van der Waals surface area contributed by atoms with E-state index in [-0.39, 0.29) is 24.9 Å². The summed E-state index contributed by atoms with van der Waals surface area (Å²) in [6, 6.07) is -0.697. The summed E-state index contributed by atoms with van der Waals surface area (Å²) < 4.78 is 5.97. The molecule has 0 rings (SSSR count). The minimum atomic E-state index is -0.784. The molecule has 6 nitrogen and oxygen atoms in total. The first-order chi connectivity index (χ1) is 32.0. The van der Waals surface area contributed by atoms with Crippen LogP contribution in [-0.4, -0.2) is 46.9 Å². The SMILES string of the molecule is CCCCCCCC/C=C/CCCCCCCCCC(CC(=O)NC(CO)C(O)CCCCCCCCCCCCCCCCCC)OC(=O)CCCCCCCCCCCCCCC. The highest BCUT2D eigenvalue weighted by molar-refractivity contribution is 5.77. The highest BCUT2D eigenvalue weighted by Crippen LogP contribution is 2.19. The van der Waals surface area contributed by atoms with Crippen molar-refractivity contribution in [2.24, 2.45) is 0 Å². The van der Waals surface area contributed by atoms with E-state index in [1.165, 1.54) is 231 Å². The normalized spacial score (nSPS) is 13.1. The van der Waals surface area contributed by atoms with Gasteiger partial charge in [0.05, 0.1) is 25.2 Å². The number of rotatable bonds is 54. The quantitative estimate of drug-likeness (QED) is 0.0321. The van der Waals surface area contributed by atoms with Crippen molar-refractivity contribution in [3.8, 4) is 0 Å². The van der Waals surface area contributed by atoms with Crippen molar-refractivity contribution in [2.75, 3.05) is 6.61 Å². The molecule has 386 valence electrons. The summed E-state index contributed by atoms with van der Waals surface area (Å²) in [4.78, 5) is 26.3. The summed E-state index contributed by atoms with van der Waals surface area (Å²) in [5, 5.41) is 23.9. The molecule has 0 bridgehead atoms. The predicted molar refractivity (Wildman–Crippen MR) is 283 cm³/mol. The number of amides is 1. The van der Waals surface area contributed by atoms with Crippen molar-refractivity contribution < 1.29 is 24.5 Å². The highest BCUT2D eigenvalue weighted by atomic mass is 16.5. The molecule has 0 saturated heterocycles. The van der Waals surface area contributed by atoms with Crippen molar-refractivity contribution in [3.63, 3.8) is 0 Å². The summed E-state index contributed by atoms with van der Waals surface area (Å²) in [7, 11) is 0. The van der Waals surface area contributed by atoms with Gasteiger partial charge in [0.25, 0.3) is 0 Å². The maximum Gasteiger partial charge on any atom is 0.306 e. The number of carbonyl (C=O) groups is 2. The second-order valence-corrected chi connectivity index (χ2v) is 20.4. The second-order valence-electron chi connectivity index (χ2n) is 20.4. The third-order valence-electron chi connectivity index (χ3n) is 13.8.